The summed E-state index contributed by atoms with van der Waals surface area (Å²) in [4.78, 5) is 36.4. The molecule has 0 spiro atoms. The van der Waals surface area contributed by atoms with Crippen LogP contribution >= 0.6 is 11.8 Å². The van der Waals surface area contributed by atoms with Crippen molar-refractivity contribution in [3.05, 3.63) is 81.9 Å². The average molecular weight is 482 g/mol. The first-order valence-electron chi connectivity index (χ1n) is 10.1. The van der Waals surface area contributed by atoms with Gasteiger partial charge in [0.2, 0.25) is 5.91 Å². The van der Waals surface area contributed by atoms with Gasteiger partial charge < -0.3 is 20.1 Å². The minimum absolute atomic E-state index is 0.0862. The summed E-state index contributed by atoms with van der Waals surface area (Å²) in [5.41, 5.74) is 1.91. The standard InChI is InChI=1S/C24H23N3O6S/c1-15-7-10-17(27(30)31)13-19(15)26-22(28)14-34-18-11-8-16(9-12-18)25-24(29)23-20(32-2)5-4-6-21(23)33-3/h4-13H,14H2,1-3H3,(H,25,29)(H,26,28). The molecule has 10 heteroatoms. The first-order valence-corrected chi connectivity index (χ1v) is 11.1. The molecule has 176 valence electrons. The molecule has 0 unspecified atom stereocenters. The maximum Gasteiger partial charge on any atom is 0.271 e. The van der Waals surface area contributed by atoms with E-state index in [0.29, 0.717) is 28.4 Å². The number of hydrogen-bond acceptors (Lipinski definition) is 7. The number of aryl methyl sites for hydroxylation is 1. The van der Waals surface area contributed by atoms with Crippen molar-refractivity contribution >= 4 is 40.6 Å². The van der Waals surface area contributed by atoms with Crippen LogP contribution in [0.3, 0.4) is 0 Å². The van der Waals surface area contributed by atoms with Crippen molar-refractivity contribution < 1.29 is 24.0 Å². The second-order valence-electron chi connectivity index (χ2n) is 7.11. The van der Waals surface area contributed by atoms with E-state index < -0.39 is 4.92 Å². The highest BCUT2D eigenvalue weighted by Crippen LogP contribution is 2.29. The second kappa shape index (κ2) is 11.2. The zero-order valence-electron chi connectivity index (χ0n) is 18.8. The Kier molecular flexibility index (Phi) is 8.10. The molecule has 2 N–H and O–H groups in total. The van der Waals surface area contributed by atoms with Crippen LogP contribution in [-0.4, -0.2) is 36.7 Å². The van der Waals surface area contributed by atoms with Gasteiger partial charge in [0.1, 0.15) is 17.1 Å². The van der Waals surface area contributed by atoms with Gasteiger partial charge in [0.25, 0.3) is 11.6 Å². The molecular formula is C24H23N3O6S. The van der Waals surface area contributed by atoms with Gasteiger partial charge in [-0.2, -0.15) is 0 Å². The molecule has 34 heavy (non-hydrogen) atoms. The first-order chi connectivity index (χ1) is 16.3. The number of nitro groups is 1. The van der Waals surface area contributed by atoms with Crippen LogP contribution in [-0.2, 0) is 4.79 Å². The summed E-state index contributed by atoms with van der Waals surface area (Å²) in [7, 11) is 2.96. The highest BCUT2D eigenvalue weighted by atomic mass is 32.2. The van der Waals surface area contributed by atoms with Gasteiger partial charge in [-0.05, 0) is 48.9 Å². The number of carbonyl (C=O) groups excluding carboxylic acids is 2. The zero-order valence-corrected chi connectivity index (χ0v) is 19.6. The topological polar surface area (TPSA) is 120 Å². The molecule has 2 amide bonds. The summed E-state index contributed by atoms with van der Waals surface area (Å²) >= 11 is 1.30. The zero-order chi connectivity index (χ0) is 24.7. The number of ether oxygens (including phenoxy) is 2. The third-order valence-electron chi connectivity index (χ3n) is 4.84. The highest BCUT2D eigenvalue weighted by Gasteiger charge is 2.18. The van der Waals surface area contributed by atoms with Crippen LogP contribution in [0.5, 0.6) is 11.5 Å². The predicted molar refractivity (Wildman–Crippen MR) is 131 cm³/mol. The van der Waals surface area contributed by atoms with E-state index in [2.05, 4.69) is 10.6 Å². The lowest BCUT2D eigenvalue weighted by Gasteiger charge is -2.13. The molecule has 0 saturated carbocycles. The number of benzene rings is 3. The number of hydrogen-bond donors (Lipinski definition) is 2. The van der Waals surface area contributed by atoms with E-state index in [0.717, 1.165) is 10.5 Å². The van der Waals surface area contributed by atoms with Crippen LogP contribution in [0.2, 0.25) is 0 Å². The average Bonchev–Trinajstić information content (AvgIpc) is 2.84. The van der Waals surface area contributed by atoms with Crippen molar-refractivity contribution in [3.8, 4) is 11.5 Å². The van der Waals surface area contributed by atoms with Gasteiger partial charge in [0.15, 0.2) is 0 Å². The van der Waals surface area contributed by atoms with Crippen molar-refractivity contribution in [3.63, 3.8) is 0 Å². The van der Waals surface area contributed by atoms with E-state index in [1.54, 1.807) is 55.5 Å². The number of nitrogens with one attached hydrogen (secondary N) is 2. The Morgan fingerprint density at radius 2 is 1.62 bits per heavy atom. The summed E-state index contributed by atoms with van der Waals surface area (Å²) < 4.78 is 10.5. The molecule has 0 aliphatic carbocycles. The molecule has 0 radical (unpaired) electrons. The summed E-state index contributed by atoms with van der Waals surface area (Å²) in [6.45, 7) is 1.76. The Labute approximate surface area is 200 Å². The van der Waals surface area contributed by atoms with Crippen LogP contribution in [0.25, 0.3) is 0 Å². The SMILES string of the molecule is COc1cccc(OC)c1C(=O)Nc1ccc(SCC(=O)Nc2cc([N+](=O)[O-])ccc2C)cc1. The van der Waals surface area contributed by atoms with Crippen molar-refractivity contribution in [2.45, 2.75) is 11.8 Å². The minimum Gasteiger partial charge on any atom is -0.496 e. The molecule has 0 aliphatic heterocycles. The highest BCUT2D eigenvalue weighted by molar-refractivity contribution is 8.00. The predicted octanol–water partition coefficient (Wildman–Crippen LogP) is 4.90. The Balaban J connectivity index is 1.60. The maximum atomic E-state index is 12.8. The minimum atomic E-state index is -0.506. The fourth-order valence-corrected chi connectivity index (χ4v) is 3.79. The molecule has 0 fully saturated rings. The number of methoxy groups -OCH3 is 2. The number of amides is 2. The largest absolute Gasteiger partial charge is 0.496 e. The van der Waals surface area contributed by atoms with Gasteiger partial charge in [0.05, 0.1) is 30.6 Å². The van der Waals surface area contributed by atoms with Crippen LogP contribution in [0.1, 0.15) is 15.9 Å². The summed E-state index contributed by atoms with van der Waals surface area (Å²) in [6, 6.07) is 16.4. The molecule has 0 bridgehead atoms. The smallest absolute Gasteiger partial charge is 0.271 e. The van der Waals surface area contributed by atoms with E-state index in [1.807, 2.05) is 0 Å². The van der Waals surface area contributed by atoms with Gasteiger partial charge in [-0.15, -0.1) is 11.8 Å². The monoisotopic (exact) mass is 481 g/mol. The molecule has 3 rings (SSSR count). The van der Waals surface area contributed by atoms with E-state index in [9.17, 15) is 19.7 Å². The third-order valence-corrected chi connectivity index (χ3v) is 5.86. The maximum absolute atomic E-state index is 12.8. The molecular weight excluding hydrogens is 458 g/mol. The van der Waals surface area contributed by atoms with Gasteiger partial charge in [-0.1, -0.05) is 12.1 Å². The van der Waals surface area contributed by atoms with Crippen LogP contribution in [0.15, 0.2) is 65.6 Å². The number of thioether (sulfide) groups is 1. The number of carbonyl (C=O) groups is 2. The van der Waals surface area contributed by atoms with Crippen molar-refractivity contribution in [1.82, 2.24) is 0 Å². The fraction of sp³-hybridized carbons (Fsp3) is 0.167. The van der Waals surface area contributed by atoms with E-state index in [-0.39, 0.29) is 23.3 Å². The van der Waals surface area contributed by atoms with E-state index >= 15 is 0 Å². The first kappa shape index (κ1) is 24.6. The van der Waals surface area contributed by atoms with Crippen molar-refractivity contribution in [2.75, 3.05) is 30.6 Å². The van der Waals surface area contributed by atoms with Gasteiger partial charge in [-0.25, -0.2) is 0 Å². The van der Waals surface area contributed by atoms with Crippen molar-refractivity contribution in [2.24, 2.45) is 0 Å². The number of rotatable bonds is 9. The lowest BCUT2D eigenvalue weighted by molar-refractivity contribution is -0.384. The molecule has 0 aliphatic rings. The second-order valence-corrected chi connectivity index (χ2v) is 8.16. The Morgan fingerprint density at radius 3 is 2.21 bits per heavy atom. The Hall–Kier alpha value is -4.05. The molecule has 0 atom stereocenters. The number of nitrogens with zero attached hydrogens (tertiary/aromatic N) is 1. The summed E-state index contributed by atoms with van der Waals surface area (Å²) in [5.74, 6) is 0.255. The quantitative estimate of drug-likeness (QED) is 0.253. The number of non-ortho nitro benzene ring substituents is 1. The van der Waals surface area contributed by atoms with Gasteiger partial charge in [-0.3, -0.25) is 19.7 Å². The normalized spacial score (nSPS) is 10.3. The van der Waals surface area contributed by atoms with E-state index in [4.69, 9.17) is 9.47 Å². The molecule has 0 aromatic heterocycles. The molecule has 9 nitrogen and oxygen atoms in total. The van der Waals surface area contributed by atoms with Crippen LogP contribution < -0.4 is 20.1 Å². The third kappa shape index (κ3) is 6.04. The van der Waals surface area contributed by atoms with E-state index in [1.165, 1.54) is 38.1 Å². The summed E-state index contributed by atoms with van der Waals surface area (Å²) in [6.07, 6.45) is 0. The Bertz CT molecular complexity index is 1190. The lowest BCUT2D eigenvalue weighted by atomic mass is 10.1. The molecule has 3 aromatic rings. The fourth-order valence-electron chi connectivity index (χ4n) is 3.10. The van der Waals surface area contributed by atoms with Gasteiger partial charge in [0, 0.05) is 22.7 Å². The molecule has 0 saturated heterocycles. The lowest BCUT2D eigenvalue weighted by Crippen LogP contribution is -2.15. The molecule has 0 heterocycles. The Morgan fingerprint density at radius 1 is 0.971 bits per heavy atom. The van der Waals surface area contributed by atoms with Crippen LogP contribution in [0.4, 0.5) is 17.1 Å². The number of anilines is 2. The summed E-state index contributed by atoms with van der Waals surface area (Å²) in [5, 5.41) is 16.5. The van der Waals surface area contributed by atoms with Crippen LogP contribution in [0, 0.1) is 17.0 Å². The number of nitro benzene ring substituents is 1. The van der Waals surface area contributed by atoms with Crippen molar-refractivity contribution in [1.29, 1.82) is 0 Å². The van der Waals surface area contributed by atoms with Gasteiger partial charge >= 0.3 is 0 Å². The molecule has 3 aromatic carbocycles.